The zero-order valence-corrected chi connectivity index (χ0v) is 13.1. The first-order valence-electron chi connectivity index (χ1n) is 8.30. The first-order chi connectivity index (χ1) is 11.2. The zero-order chi connectivity index (χ0) is 15.8. The highest BCUT2D eigenvalue weighted by atomic mass is 16.6. The Kier molecular flexibility index (Phi) is 3.69. The van der Waals surface area contributed by atoms with Gasteiger partial charge in [-0.1, -0.05) is 12.1 Å². The molecule has 0 spiro atoms. The minimum Gasteiger partial charge on any atom is -0.447 e. The molecule has 0 saturated carbocycles. The van der Waals surface area contributed by atoms with Crippen molar-refractivity contribution in [1.29, 1.82) is 0 Å². The van der Waals surface area contributed by atoms with Crippen molar-refractivity contribution in [3.05, 3.63) is 29.3 Å². The predicted octanol–water partition coefficient (Wildman–Crippen LogP) is 1.28. The van der Waals surface area contributed by atoms with E-state index in [9.17, 15) is 9.59 Å². The fraction of sp³-hybridized carbons (Fsp3) is 0.529. The summed E-state index contributed by atoms with van der Waals surface area (Å²) in [6.45, 7) is 4.10. The lowest BCUT2D eigenvalue weighted by atomic mass is 10.0. The summed E-state index contributed by atoms with van der Waals surface area (Å²) in [5.74, 6) is -0.0760. The maximum absolute atomic E-state index is 12.6. The Bertz CT molecular complexity index is 640. The van der Waals surface area contributed by atoms with Gasteiger partial charge in [0.25, 0.3) is 5.91 Å². The van der Waals surface area contributed by atoms with Gasteiger partial charge >= 0.3 is 6.09 Å². The number of rotatable bonds is 3. The lowest BCUT2D eigenvalue weighted by Gasteiger charge is -2.21. The Morgan fingerprint density at radius 1 is 1.26 bits per heavy atom. The van der Waals surface area contributed by atoms with Gasteiger partial charge in [-0.05, 0) is 49.5 Å². The Hall–Kier alpha value is -2.08. The fourth-order valence-electron chi connectivity index (χ4n) is 3.77. The van der Waals surface area contributed by atoms with Crippen molar-refractivity contribution in [2.45, 2.75) is 31.8 Å². The van der Waals surface area contributed by atoms with E-state index in [4.69, 9.17) is 4.74 Å². The Balaban J connectivity index is 1.54. The van der Waals surface area contributed by atoms with Crippen LogP contribution in [0.1, 0.15) is 24.0 Å². The van der Waals surface area contributed by atoms with Crippen LogP contribution in [0, 0.1) is 0 Å². The standard InChI is InChI=1S/C17H21N3O3/c21-16(14-11-23-17(22)18-14)20-9-6-13-12(4-3-5-15(13)20)10-19-7-1-2-8-19/h3-5,14H,1-2,6-11H2,(H,18,22)/t14-/m0/s1. The average Bonchev–Trinajstić information content (AvgIpc) is 3.27. The molecule has 0 unspecified atom stereocenters. The van der Waals surface area contributed by atoms with Crippen molar-refractivity contribution < 1.29 is 14.3 Å². The normalized spacial score (nSPS) is 23.7. The molecule has 6 nitrogen and oxygen atoms in total. The molecule has 0 bridgehead atoms. The topological polar surface area (TPSA) is 61.9 Å². The van der Waals surface area contributed by atoms with E-state index in [0.29, 0.717) is 6.54 Å². The van der Waals surface area contributed by atoms with Crippen molar-refractivity contribution in [2.24, 2.45) is 0 Å². The van der Waals surface area contributed by atoms with Gasteiger partial charge in [0.1, 0.15) is 12.6 Å². The van der Waals surface area contributed by atoms with Gasteiger partial charge < -0.3 is 15.0 Å². The largest absolute Gasteiger partial charge is 0.447 e. The lowest BCUT2D eigenvalue weighted by molar-refractivity contribution is -0.120. The maximum Gasteiger partial charge on any atom is 0.407 e. The van der Waals surface area contributed by atoms with E-state index >= 15 is 0 Å². The molecular weight excluding hydrogens is 294 g/mol. The number of amides is 2. The Morgan fingerprint density at radius 2 is 2.09 bits per heavy atom. The molecule has 1 atom stereocenters. The van der Waals surface area contributed by atoms with Crippen LogP contribution in [-0.4, -0.2) is 49.2 Å². The molecule has 6 heteroatoms. The molecule has 2 fully saturated rings. The Morgan fingerprint density at radius 3 is 2.83 bits per heavy atom. The molecule has 0 aliphatic carbocycles. The van der Waals surface area contributed by atoms with Gasteiger partial charge in [-0.3, -0.25) is 9.69 Å². The van der Waals surface area contributed by atoms with Crippen LogP contribution >= 0.6 is 0 Å². The molecule has 0 radical (unpaired) electrons. The van der Waals surface area contributed by atoms with Crippen molar-refractivity contribution in [3.63, 3.8) is 0 Å². The van der Waals surface area contributed by atoms with E-state index in [1.54, 1.807) is 4.90 Å². The average molecular weight is 315 g/mol. The third kappa shape index (κ3) is 2.67. The summed E-state index contributed by atoms with van der Waals surface area (Å²) in [4.78, 5) is 28.1. The van der Waals surface area contributed by atoms with Gasteiger partial charge in [-0.2, -0.15) is 0 Å². The number of anilines is 1. The van der Waals surface area contributed by atoms with Crippen LogP contribution in [0.3, 0.4) is 0 Å². The van der Waals surface area contributed by atoms with Crippen molar-refractivity contribution in [1.82, 2.24) is 10.2 Å². The molecule has 1 aromatic carbocycles. The molecule has 1 aromatic rings. The molecule has 23 heavy (non-hydrogen) atoms. The summed E-state index contributed by atoms with van der Waals surface area (Å²) in [5.41, 5.74) is 3.59. The van der Waals surface area contributed by atoms with Crippen molar-refractivity contribution in [2.75, 3.05) is 31.1 Å². The first kappa shape index (κ1) is 14.5. The molecule has 4 rings (SSSR count). The molecule has 2 amide bonds. The minimum absolute atomic E-state index is 0.0760. The maximum atomic E-state index is 12.6. The molecule has 3 aliphatic rings. The van der Waals surface area contributed by atoms with Gasteiger partial charge in [0, 0.05) is 18.8 Å². The van der Waals surface area contributed by atoms with Crippen LogP contribution in [0.5, 0.6) is 0 Å². The predicted molar refractivity (Wildman–Crippen MR) is 85.3 cm³/mol. The second kappa shape index (κ2) is 5.85. The highest BCUT2D eigenvalue weighted by Gasteiger charge is 2.36. The summed E-state index contributed by atoms with van der Waals surface area (Å²) in [7, 11) is 0. The summed E-state index contributed by atoms with van der Waals surface area (Å²) >= 11 is 0. The van der Waals surface area contributed by atoms with Crippen LogP contribution in [-0.2, 0) is 22.5 Å². The summed E-state index contributed by atoms with van der Waals surface area (Å²) in [5, 5.41) is 2.57. The van der Waals surface area contributed by atoms with Crippen LogP contribution in [0.25, 0.3) is 0 Å². The van der Waals surface area contributed by atoms with E-state index in [2.05, 4.69) is 16.3 Å². The quantitative estimate of drug-likeness (QED) is 0.913. The van der Waals surface area contributed by atoms with E-state index in [-0.39, 0.29) is 12.5 Å². The number of hydrogen-bond donors (Lipinski definition) is 1. The van der Waals surface area contributed by atoms with E-state index in [0.717, 1.165) is 31.7 Å². The number of nitrogens with zero attached hydrogens (tertiary/aromatic N) is 2. The molecule has 0 aromatic heterocycles. The number of benzene rings is 1. The second-order valence-corrected chi connectivity index (χ2v) is 6.43. The number of hydrogen-bond acceptors (Lipinski definition) is 4. The van der Waals surface area contributed by atoms with Gasteiger partial charge in [0.05, 0.1) is 0 Å². The SMILES string of the molecule is O=C1N[C@H](C(=O)N2CCc3c(CN4CCCC4)cccc32)CO1. The van der Waals surface area contributed by atoms with Gasteiger partial charge in [0.15, 0.2) is 0 Å². The number of ether oxygens (including phenoxy) is 1. The van der Waals surface area contributed by atoms with Crippen molar-refractivity contribution >= 4 is 17.7 Å². The van der Waals surface area contributed by atoms with E-state index in [1.807, 2.05) is 12.1 Å². The fourth-order valence-corrected chi connectivity index (χ4v) is 3.77. The summed E-state index contributed by atoms with van der Waals surface area (Å²) in [6, 6.07) is 5.65. The first-order valence-corrected chi connectivity index (χ1v) is 8.30. The van der Waals surface area contributed by atoms with Crippen LogP contribution in [0.2, 0.25) is 0 Å². The van der Waals surface area contributed by atoms with E-state index in [1.165, 1.54) is 24.0 Å². The molecule has 3 heterocycles. The molecule has 2 saturated heterocycles. The van der Waals surface area contributed by atoms with Gasteiger partial charge in [-0.25, -0.2) is 4.79 Å². The minimum atomic E-state index is -0.560. The van der Waals surface area contributed by atoms with Crippen LogP contribution < -0.4 is 10.2 Å². The van der Waals surface area contributed by atoms with Gasteiger partial charge in [0.2, 0.25) is 0 Å². The molecular formula is C17H21N3O3. The van der Waals surface area contributed by atoms with Gasteiger partial charge in [-0.15, -0.1) is 0 Å². The second-order valence-electron chi connectivity index (χ2n) is 6.43. The number of cyclic esters (lactones) is 1. The monoisotopic (exact) mass is 315 g/mol. The highest BCUT2D eigenvalue weighted by Crippen LogP contribution is 2.32. The summed E-state index contributed by atoms with van der Waals surface area (Å²) in [6.07, 6.45) is 2.93. The number of likely N-dealkylation sites (tertiary alicyclic amines) is 1. The van der Waals surface area contributed by atoms with Crippen LogP contribution in [0.4, 0.5) is 10.5 Å². The number of carbonyl (C=O) groups is 2. The molecule has 3 aliphatic heterocycles. The molecule has 122 valence electrons. The number of carbonyl (C=O) groups excluding carboxylic acids is 2. The number of fused-ring (bicyclic) bond motifs is 1. The lowest BCUT2D eigenvalue weighted by Crippen LogP contribution is -2.45. The van der Waals surface area contributed by atoms with Crippen LogP contribution in [0.15, 0.2) is 18.2 Å². The third-order valence-electron chi connectivity index (χ3n) is 4.95. The Labute approximate surface area is 135 Å². The zero-order valence-electron chi connectivity index (χ0n) is 13.1. The van der Waals surface area contributed by atoms with Crippen molar-refractivity contribution in [3.8, 4) is 0 Å². The highest BCUT2D eigenvalue weighted by molar-refractivity contribution is 6.01. The number of nitrogens with one attached hydrogen (secondary N) is 1. The van der Waals surface area contributed by atoms with E-state index < -0.39 is 12.1 Å². The number of alkyl carbamates (subject to hydrolysis) is 1. The smallest absolute Gasteiger partial charge is 0.407 e. The summed E-state index contributed by atoms with van der Waals surface area (Å²) < 4.78 is 4.84. The third-order valence-corrected chi connectivity index (χ3v) is 4.95. The molecule has 1 N–H and O–H groups in total.